The zero-order valence-corrected chi connectivity index (χ0v) is 14.6. The monoisotopic (exact) mass is 348 g/mol. The molecular weight excluding hydrogens is 328 g/mol. The van der Waals surface area contributed by atoms with Crippen molar-refractivity contribution in [3.8, 4) is 5.75 Å². The molecule has 0 fully saturated rings. The number of ether oxygens (including phenoxy) is 1. The molecule has 2 heterocycles. The minimum absolute atomic E-state index is 0.0247. The first-order chi connectivity index (χ1) is 12.7. The van der Waals surface area contributed by atoms with Crippen LogP contribution in [0.3, 0.4) is 0 Å². The number of nitrogens with zero attached hydrogens (tertiary/aromatic N) is 2. The molecule has 0 atom stereocenters. The van der Waals surface area contributed by atoms with Gasteiger partial charge in [-0.2, -0.15) is 0 Å². The largest absolute Gasteiger partial charge is 0.496 e. The van der Waals surface area contributed by atoms with E-state index in [2.05, 4.69) is 0 Å². The zero-order valence-electron chi connectivity index (χ0n) is 14.6. The summed E-state index contributed by atoms with van der Waals surface area (Å²) in [4.78, 5) is 26.7. The van der Waals surface area contributed by atoms with Gasteiger partial charge in [0, 0.05) is 36.3 Å². The lowest BCUT2D eigenvalue weighted by Gasteiger charge is -2.30. The van der Waals surface area contributed by atoms with Crippen LogP contribution in [0.1, 0.15) is 11.1 Å². The van der Waals surface area contributed by atoms with Crippen LogP contribution in [0.4, 0.5) is 0 Å². The molecule has 3 aromatic rings. The Bertz CT molecular complexity index is 1040. The average Bonchev–Trinajstić information content (AvgIpc) is 2.69. The second-order valence-electron chi connectivity index (χ2n) is 6.49. The normalized spacial score (nSPS) is 13.5. The highest BCUT2D eigenvalue weighted by atomic mass is 16.5. The third-order valence-electron chi connectivity index (χ3n) is 4.99. The van der Waals surface area contributed by atoms with Gasteiger partial charge in [0.2, 0.25) is 5.91 Å². The summed E-state index contributed by atoms with van der Waals surface area (Å²) in [5.41, 5.74) is 3.08. The molecule has 5 heteroatoms. The number of pyridine rings is 1. The Morgan fingerprint density at radius 1 is 1.12 bits per heavy atom. The minimum atomic E-state index is -0.0247. The summed E-state index contributed by atoms with van der Waals surface area (Å²) in [6.45, 7) is 1.48. The van der Waals surface area contributed by atoms with Crippen molar-refractivity contribution in [1.29, 1.82) is 0 Å². The summed E-state index contributed by atoms with van der Waals surface area (Å²) in [7, 11) is 1.68. The summed E-state index contributed by atoms with van der Waals surface area (Å²) < 4.78 is 7.27. The van der Waals surface area contributed by atoms with E-state index in [0.717, 1.165) is 23.3 Å². The van der Waals surface area contributed by atoms with Crippen molar-refractivity contribution in [2.45, 2.75) is 19.5 Å². The molecule has 0 bridgehead atoms. The Balaban J connectivity index is 1.58. The lowest BCUT2D eigenvalue weighted by Crippen LogP contribution is -2.38. The number of fused-ring (bicyclic) bond motifs is 2. The van der Waals surface area contributed by atoms with E-state index in [0.29, 0.717) is 18.5 Å². The van der Waals surface area contributed by atoms with Crippen molar-refractivity contribution >= 4 is 16.8 Å². The molecule has 0 saturated carbocycles. The maximum absolute atomic E-state index is 12.9. The second kappa shape index (κ2) is 6.67. The molecule has 1 aromatic heterocycles. The first-order valence-corrected chi connectivity index (χ1v) is 8.68. The fraction of sp³-hybridized carbons (Fsp3) is 0.238. The number of benzene rings is 2. The smallest absolute Gasteiger partial charge is 0.242 e. The number of aromatic nitrogens is 1. The summed E-state index contributed by atoms with van der Waals surface area (Å²) >= 11 is 0. The summed E-state index contributed by atoms with van der Waals surface area (Å²) in [5, 5.41) is 0.636. The maximum Gasteiger partial charge on any atom is 0.242 e. The Kier molecular flexibility index (Phi) is 4.21. The van der Waals surface area contributed by atoms with Crippen molar-refractivity contribution in [1.82, 2.24) is 9.47 Å². The highest BCUT2D eigenvalue weighted by molar-refractivity contribution is 5.82. The van der Waals surface area contributed by atoms with E-state index >= 15 is 0 Å². The Morgan fingerprint density at radius 3 is 2.81 bits per heavy atom. The van der Waals surface area contributed by atoms with Gasteiger partial charge in [-0.25, -0.2) is 0 Å². The third kappa shape index (κ3) is 2.86. The van der Waals surface area contributed by atoms with E-state index in [1.54, 1.807) is 19.4 Å². The molecule has 0 radical (unpaired) electrons. The number of para-hydroxylation sites is 1. The molecule has 4 rings (SSSR count). The molecule has 0 spiro atoms. The van der Waals surface area contributed by atoms with Crippen LogP contribution in [-0.2, 0) is 24.3 Å². The van der Waals surface area contributed by atoms with E-state index in [-0.39, 0.29) is 17.9 Å². The van der Waals surface area contributed by atoms with Gasteiger partial charge in [0.05, 0.1) is 12.6 Å². The van der Waals surface area contributed by atoms with Crippen molar-refractivity contribution < 1.29 is 9.53 Å². The van der Waals surface area contributed by atoms with Crippen LogP contribution in [-0.4, -0.2) is 29.0 Å². The molecule has 1 aliphatic rings. The second-order valence-corrected chi connectivity index (χ2v) is 6.49. The van der Waals surface area contributed by atoms with Gasteiger partial charge in [-0.1, -0.05) is 24.3 Å². The van der Waals surface area contributed by atoms with E-state index in [9.17, 15) is 9.59 Å². The molecule has 0 saturated heterocycles. The fourth-order valence-electron chi connectivity index (χ4n) is 3.62. The van der Waals surface area contributed by atoms with Crippen molar-refractivity contribution in [3.63, 3.8) is 0 Å². The van der Waals surface area contributed by atoms with Gasteiger partial charge < -0.3 is 14.2 Å². The molecule has 2 aromatic carbocycles. The Morgan fingerprint density at radius 2 is 1.96 bits per heavy atom. The Labute approximate surface area is 151 Å². The number of amides is 1. The summed E-state index contributed by atoms with van der Waals surface area (Å²) in [5.74, 6) is 0.938. The molecule has 26 heavy (non-hydrogen) atoms. The summed E-state index contributed by atoms with van der Waals surface area (Å²) in [6, 6.07) is 14.9. The number of methoxy groups -OCH3 is 1. The molecule has 5 nitrogen and oxygen atoms in total. The quantitative estimate of drug-likeness (QED) is 0.731. The van der Waals surface area contributed by atoms with Crippen LogP contribution in [0.25, 0.3) is 10.9 Å². The average molecular weight is 348 g/mol. The first kappa shape index (κ1) is 16.4. The SMILES string of the molecule is COc1cccc2c1CCN(C(=O)Cn1ccc(=O)c3ccccc31)C2. The van der Waals surface area contributed by atoms with Crippen LogP contribution < -0.4 is 10.2 Å². The molecule has 1 amide bonds. The lowest BCUT2D eigenvalue weighted by molar-refractivity contribution is -0.132. The van der Waals surface area contributed by atoms with Crippen molar-refractivity contribution in [3.05, 3.63) is 76.1 Å². The van der Waals surface area contributed by atoms with Crippen LogP contribution in [0, 0.1) is 0 Å². The molecule has 0 aliphatic carbocycles. The van der Waals surface area contributed by atoms with Crippen LogP contribution in [0.5, 0.6) is 5.75 Å². The number of hydrogen-bond acceptors (Lipinski definition) is 3. The first-order valence-electron chi connectivity index (χ1n) is 8.68. The third-order valence-corrected chi connectivity index (χ3v) is 4.99. The van der Waals surface area contributed by atoms with Gasteiger partial charge in [-0.15, -0.1) is 0 Å². The number of carbonyl (C=O) groups is 1. The van der Waals surface area contributed by atoms with E-state index < -0.39 is 0 Å². The van der Waals surface area contributed by atoms with Gasteiger partial charge in [-0.05, 0) is 30.2 Å². The van der Waals surface area contributed by atoms with Crippen LogP contribution >= 0.6 is 0 Å². The van der Waals surface area contributed by atoms with Gasteiger partial charge in [0.25, 0.3) is 0 Å². The van der Waals surface area contributed by atoms with Gasteiger partial charge in [0.15, 0.2) is 5.43 Å². The number of hydrogen-bond donors (Lipinski definition) is 0. The highest BCUT2D eigenvalue weighted by Gasteiger charge is 2.23. The topological polar surface area (TPSA) is 51.5 Å². The fourth-order valence-corrected chi connectivity index (χ4v) is 3.62. The maximum atomic E-state index is 12.9. The van der Waals surface area contributed by atoms with Gasteiger partial charge in [0.1, 0.15) is 12.3 Å². The molecule has 1 aliphatic heterocycles. The van der Waals surface area contributed by atoms with Crippen molar-refractivity contribution in [2.24, 2.45) is 0 Å². The van der Waals surface area contributed by atoms with E-state index in [4.69, 9.17) is 4.74 Å². The predicted molar refractivity (Wildman–Crippen MR) is 100 cm³/mol. The Hall–Kier alpha value is -3.08. The number of carbonyl (C=O) groups excluding carboxylic acids is 1. The summed E-state index contributed by atoms with van der Waals surface area (Å²) in [6.07, 6.45) is 2.49. The lowest BCUT2D eigenvalue weighted by atomic mass is 9.98. The van der Waals surface area contributed by atoms with Crippen LogP contribution in [0.15, 0.2) is 59.5 Å². The van der Waals surface area contributed by atoms with Crippen LogP contribution in [0.2, 0.25) is 0 Å². The van der Waals surface area contributed by atoms with Gasteiger partial charge >= 0.3 is 0 Å². The zero-order chi connectivity index (χ0) is 18.1. The van der Waals surface area contributed by atoms with E-state index in [1.807, 2.05) is 45.9 Å². The number of rotatable bonds is 3. The molecular formula is C21H20N2O3. The molecule has 0 unspecified atom stereocenters. The minimum Gasteiger partial charge on any atom is -0.496 e. The van der Waals surface area contributed by atoms with E-state index in [1.165, 1.54) is 11.6 Å². The standard InChI is InChI=1S/C21H20N2O3/c1-26-20-8-4-5-15-13-23(11-9-16(15)20)21(25)14-22-12-10-19(24)17-6-2-3-7-18(17)22/h2-8,10,12H,9,11,13-14H2,1H3. The molecule has 132 valence electrons. The highest BCUT2D eigenvalue weighted by Crippen LogP contribution is 2.27. The van der Waals surface area contributed by atoms with Gasteiger partial charge in [-0.3, -0.25) is 9.59 Å². The predicted octanol–water partition coefficient (Wildman–Crippen LogP) is 2.60. The van der Waals surface area contributed by atoms with Crippen molar-refractivity contribution in [2.75, 3.05) is 13.7 Å². The molecule has 0 N–H and O–H groups in total.